The second-order valence-corrected chi connectivity index (χ2v) is 7.17. The molecule has 0 spiro atoms. The van der Waals surface area contributed by atoms with Crippen LogP contribution in [0.1, 0.15) is 21.5 Å². The molecular weight excluding hydrogens is 420 g/mol. The fraction of sp³-hybridized carbons (Fsp3) is 0.0870. The maximum absolute atomic E-state index is 12.6. The van der Waals surface area contributed by atoms with Gasteiger partial charge < -0.3 is 14.2 Å². The zero-order valence-electron chi connectivity index (χ0n) is 15.1. The second kappa shape index (κ2) is 7.90. The molecule has 3 aromatic carbocycles. The van der Waals surface area contributed by atoms with Crippen LogP contribution < -0.4 is 14.2 Å². The molecule has 0 unspecified atom stereocenters. The van der Waals surface area contributed by atoms with Crippen LogP contribution in [0, 0.1) is 0 Å². The largest absolute Gasteiger partial charge is 0.496 e. The lowest BCUT2D eigenvalue weighted by molar-refractivity contribution is 0.101. The van der Waals surface area contributed by atoms with Crippen LogP contribution in [-0.4, -0.2) is 12.9 Å². The summed E-state index contributed by atoms with van der Waals surface area (Å²) in [6.45, 7) is 0.359. The summed E-state index contributed by atoms with van der Waals surface area (Å²) in [6, 6.07) is 20.6. The molecule has 1 aliphatic heterocycles. The molecule has 0 aromatic heterocycles. The predicted molar refractivity (Wildman–Crippen MR) is 111 cm³/mol. The van der Waals surface area contributed by atoms with Crippen molar-refractivity contribution in [3.8, 4) is 17.2 Å². The number of carbonyl (C=O) groups excluding carboxylic acids is 1. The van der Waals surface area contributed by atoms with Gasteiger partial charge in [0, 0.05) is 16.1 Å². The van der Waals surface area contributed by atoms with Crippen molar-refractivity contribution in [2.75, 3.05) is 7.11 Å². The third-order valence-electron chi connectivity index (χ3n) is 4.37. The number of rotatable bonds is 5. The number of ketones is 1. The van der Waals surface area contributed by atoms with E-state index in [4.69, 9.17) is 14.2 Å². The molecule has 140 valence electrons. The van der Waals surface area contributed by atoms with E-state index in [9.17, 15) is 4.79 Å². The minimum Gasteiger partial charge on any atom is -0.496 e. The molecule has 0 N–H and O–H groups in total. The molecule has 0 radical (unpaired) electrons. The van der Waals surface area contributed by atoms with Gasteiger partial charge in [0.05, 0.1) is 12.7 Å². The Morgan fingerprint density at radius 3 is 2.71 bits per heavy atom. The maximum Gasteiger partial charge on any atom is 0.231 e. The zero-order valence-corrected chi connectivity index (χ0v) is 16.7. The predicted octanol–water partition coefficient (Wildman–Crippen LogP) is 5.65. The van der Waals surface area contributed by atoms with Crippen LogP contribution in [0.5, 0.6) is 17.2 Å². The third kappa shape index (κ3) is 3.80. The van der Waals surface area contributed by atoms with Gasteiger partial charge in [0.25, 0.3) is 0 Å². The highest BCUT2D eigenvalue weighted by atomic mass is 79.9. The SMILES string of the molecule is COc1ccccc1COc1ccc2c(c1)O/C(=C\c1cccc(Br)c1)C2=O. The van der Waals surface area contributed by atoms with Gasteiger partial charge in [-0.05, 0) is 42.0 Å². The highest BCUT2D eigenvalue weighted by Gasteiger charge is 2.27. The molecule has 4 rings (SSSR count). The molecular formula is C23H17BrO4. The topological polar surface area (TPSA) is 44.8 Å². The summed E-state index contributed by atoms with van der Waals surface area (Å²) < 4.78 is 17.9. The lowest BCUT2D eigenvalue weighted by Crippen LogP contribution is -1.99. The highest BCUT2D eigenvalue weighted by Crippen LogP contribution is 2.35. The smallest absolute Gasteiger partial charge is 0.231 e. The Kier molecular flexibility index (Phi) is 5.17. The monoisotopic (exact) mass is 436 g/mol. The average Bonchev–Trinajstić information content (AvgIpc) is 3.01. The summed E-state index contributed by atoms with van der Waals surface area (Å²) in [5.41, 5.74) is 2.36. The molecule has 1 aliphatic rings. The van der Waals surface area contributed by atoms with E-state index in [1.165, 1.54) is 0 Å². The number of ether oxygens (including phenoxy) is 3. The van der Waals surface area contributed by atoms with Gasteiger partial charge >= 0.3 is 0 Å². The van der Waals surface area contributed by atoms with Crippen molar-refractivity contribution < 1.29 is 19.0 Å². The van der Waals surface area contributed by atoms with E-state index in [1.54, 1.807) is 31.4 Å². The number of carbonyl (C=O) groups is 1. The number of methoxy groups -OCH3 is 1. The number of hydrogen-bond acceptors (Lipinski definition) is 4. The van der Waals surface area contributed by atoms with Crippen molar-refractivity contribution in [1.82, 2.24) is 0 Å². The zero-order chi connectivity index (χ0) is 19.5. The maximum atomic E-state index is 12.6. The second-order valence-electron chi connectivity index (χ2n) is 6.25. The Hall–Kier alpha value is -3.05. The Balaban J connectivity index is 1.52. The number of allylic oxidation sites excluding steroid dienone is 1. The van der Waals surface area contributed by atoms with E-state index >= 15 is 0 Å². The van der Waals surface area contributed by atoms with Gasteiger partial charge in [-0.1, -0.05) is 46.3 Å². The van der Waals surface area contributed by atoms with Gasteiger partial charge in [0.15, 0.2) is 5.76 Å². The third-order valence-corrected chi connectivity index (χ3v) is 4.87. The minimum absolute atomic E-state index is 0.133. The molecule has 0 saturated carbocycles. The van der Waals surface area contributed by atoms with E-state index < -0.39 is 0 Å². The first-order valence-electron chi connectivity index (χ1n) is 8.72. The number of para-hydroxylation sites is 1. The quantitative estimate of drug-likeness (QED) is 0.484. The number of hydrogen-bond donors (Lipinski definition) is 0. The Morgan fingerprint density at radius 1 is 1.04 bits per heavy atom. The molecule has 1 heterocycles. The first-order chi connectivity index (χ1) is 13.6. The summed E-state index contributed by atoms with van der Waals surface area (Å²) in [4.78, 5) is 12.6. The molecule has 0 amide bonds. The standard InChI is InChI=1S/C23H17BrO4/c1-26-20-8-3-2-6-16(20)14-27-18-9-10-19-21(13-18)28-22(23(19)25)12-15-5-4-7-17(24)11-15/h2-13H,14H2,1H3/b22-12-. The highest BCUT2D eigenvalue weighted by molar-refractivity contribution is 9.10. The molecule has 0 fully saturated rings. The summed E-state index contributed by atoms with van der Waals surface area (Å²) in [5, 5.41) is 0. The van der Waals surface area contributed by atoms with Gasteiger partial charge in [0.1, 0.15) is 23.9 Å². The van der Waals surface area contributed by atoms with E-state index in [1.807, 2.05) is 48.5 Å². The van der Waals surface area contributed by atoms with Gasteiger partial charge in [0.2, 0.25) is 5.78 Å². The molecule has 4 nitrogen and oxygen atoms in total. The van der Waals surface area contributed by atoms with E-state index in [-0.39, 0.29) is 5.78 Å². The Labute approximate surface area is 171 Å². The number of halogens is 1. The minimum atomic E-state index is -0.133. The van der Waals surface area contributed by atoms with Crippen LogP contribution in [0.25, 0.3) is 6.08 Å². The first kappa shape index (κ1) is 18.3. The number of Topliss-reactive ketones (excluding diaryl/α,β-unsaturated/α-hetero) is 1. The fourth-order valence-electron chi connectivity index (χ4n) is 2.99. The van der Waals surface area contributed by atoms with Crippen LogP contribution in [0.2, 0.25) is 0 Å². The number of benzene rings is 3. The molecule has 0 aliphatic carbocycles. The van der Waals surface area contributed by atoms with Crippen molar-refractivity contribution in [3.05, 3.63) is 93.7 Å². The van der Waals surface area contributed by atoms with Gasteiger partial charge in [-0.2, -0.15) is 0 Å². The Morgan fingerprint density at radius 2 is 1.89 bits per heavy atom. The van der Waals surface area contributed by atoms with Crippen LogP contribution in [0.4, 0.5) is 0 Å². The van der Waals surface area contributed by atoms with E-state index in [0.29, 0.717) is 29.4 Å². The Bertz CT molecular complexity index is 1070. The molecule has 5 heteroatoms. The van der Waals surface area contributed by atoms with Gasteiger partial charge in [-0.25, -0.2) is 0 Å². The van der Waals surface area contributed by atoms with Crippen LogP contribution in [0.3, 0.4) is 0 Å². The van der Waals surface area contributed by atoms with E-state index in [0.717, 1.165) is 21.3 Å². The van der Waals surface area contributed by atoms with Crippen LogP contribution >= 0.6 is 15.9 Å². The normalized spacial score (nSPS) is 13.9. The molecule has 0 atom stereocenters. The fourth-order valence-corrected chi connectivity index (χ4v) is 3.41. The number of fused-ring (bicyclic) bond motifs is 1. The van der Waals surface area contributed by atoms with Crippen LogP contribution in [0.15, 0.2) is 77.0 Å². The summed E-state index contributed by atoms with van der Waals surface area (Å²) in [7, 11) is 1.63. The van der Waals surface area contributed by atoms with Crippen molar-refractivity contribution in [1.29, 1.82) is 0 Å². The summed E-state index contributed by atoms with van der Waals surface area (Å²) >= 11 is 3.43. The van der Waals surface area contributed by atoms with Gasteiger partial charge in [-0.3, -0.25) is 4.79 Å². The lowest BCUT2D eigenvalue weighted by atomic mass is 10.1. The van der Waals surface area contributed by atoms with Crippen molar-refractivity contribution in [2.45, 2.75) is 6.61 Å². The molecule has 0 bridgehead atoms. The molecule has 0 saturated heterocycles. The summed E-state index contributed by atoms with van der Waals surface area (Å²) in [5.74, 6) is 2.07. The van der Waals surface area contributed by atoms with Gasteiger partial charge in [-0.15, -0.1) is 0 Å². The lowest BCUT2D eigenvalue weighted by Gasteiger charge is -2.10. The van der Waals surface area contributed by atoms with Crippen molar-refractivity contribution in [3.63, 3.8) is 0 Å². The van der Waals surface area contributed by atoms with Crippen LogP contribution in [-0.2, 0) is 6.61 Å². The van der Waals surface area contributed by atoms with E-state index in [2.05, 4.69) is 15.9 Å². The van der Waals surface area contributed by atoms with Crippen molar-refractivity contribution >= 4 is 27.8 Å². The average molecular weight is 437 g/mol. The van der Waals surface area contributed by atoms with Crippen molar-refractivity contribution in [2.24, 2.45) is 0 Å². The molecule has 3 aromatic rings. The first-order valence-corrected chi connectivity index (χ1v) is 9.52. The summed E-state index contributed by atoms with van der Waals surface area (Å²) in [6.07, 6.45) is 1.74. The molecule has 28 heavy (non-hydrogen) atoms.